The number of hydrogen-bond acceptors (Lipinski definition) is 3. The molecule has 0 aliphatic heterocycles. The lowest BCUT2D eigenvalue weighted by Gasteiger charge is -2.08. The summed E-state index contributed by atoms with van der Waals surface area (Å²) < 4.78 is 5.09. The van der Waals surface area contributed by atoms with E-state index < -0.39 is 5.97 Å². The number of aryl methyl sites for hydroxylation is 1. The van der Waals surface area contributed by atoms with Crippen molar-refractivity contribution in [3.05, 3.63) is 53.5 Å². The fourth-order valence-electron chi connectivity index (χ4n) is 1.74. The number of carbonyl (C=O) groups is 2. The standard InChI is InChI=1S/C14H13NO4/c1-9-6-7-19-13(9)14(18)15-11-5-3-2-4-10(11)8-12(16)17/h2-7H,8H2,1H3,(H,15,18)(H,16,17). The van der Waals surface area contributed by atoms with Crippen LogP contribution in [0.3, 0.4) is 0 Å². The molecule has 0 aliphatic carbocycles. The molecule has 1 aromatic heterocycles. The van der Waals surface area contributed by atoms with Crippen molar-refractivity contribution in [1.82, 2.24) is 0 Å². The van der Waals surface area contributed by atoms with Crippen molar-refractivity contribution in [3.63, 3.8) is 0 Å². The van der Waals surface area contributed by atoms with Crippen molar-refractivity contribution in [2.75, 3.05) is 5.32 Å². The Hall–Kier alpha value is -2.56. The van der Waals surface area contributed by atoms with Gasteiger partial charge in [0.1, 0.15) is 0 Å². The molecule has 0 radical (unpaired) electrons. The summed E-state index contributed by atoms with van der Waals surface area (Å²) in [5.41, 5.74) is 1.76. The molecule has 0 saturated carbocycles. The molecule has 1 heterocycles. The molecule has 0 spiro atoms. The molecule has 98 valence electrons. The van der Waals surface area contributed by atoms with Crippen molar-refractivity contribution < 1.29 is 19.1 Å². The average molecular weight is 259 g/mol. The fourth-order valence-corrected chi connectivity index (χ4v) is 1.74. The Labute approximate surface area is 109 Å². The van der Waals surface area contributed by atoms with Gasteiger partial charge in [0.15, 0.2) is 5.76 Å². The molecule has 5 heteroatoms. The third-order valence-corrected chi connectivity index (χ3v) is 2.68. The molecule has 0 saturated heterocycles. The molecule has 2 N–H and O–H groups in total. The molecule has 5 nitrogen and oxygen atoms in total. The number of amides is 1. The van der Waals surface area contributed by atoms with Crippen LogP contribution in [0, 0.1) is 6.92 Å². The maximum absolute atomic E-state index is 12.0. The summed E-state index contributed by atoms with van der Waals surface area (Å²) in [7, 11) is 0. The summed E-state index contributed by atoms with van der Waals surface area (Å²) in [6.07, 6.45) is 1.29. The second-order valence-electron chi connectivity index (χ2n) is 4.11. The van der Waals surface area contributed by atoms with Crippen molar-refractivity contribution >= 4 is 17.6 Å². The quantitative estimate of drug-likeness (QED) is 0.883. The first-order valence-corrected chi connectivity index (χ1v) is 5.73. The van der Waals surface area contributed by atoms with Crippen molar-refractivity contribution in [2.45, 2.75) is 13.3 Å². The van der Waals surface area contributed by atoms with E-state index in [1.54, 1.807) is 37.3 Å². The maximum atomic E-state index is 12.0. The molecule has 1 aromatic carbocycles. The van der Waals surface area contributed by atoms with Crippen LogP contribution in [-0.2, 0) is 11.2 Å². The molecule has 1 amide bonds. The number of aliphatic carboxylic acids is 1. The summed E-state index contributed by atoms with van der Waals surface area (Å²) in [4.78, 5) is 22.7. The highest BCUT2D eigenvalue weighted by Gasteiger charge is 2.15. The van der Waals surface area contributed by atoms with Gasteiger partial charge in [0.2, 0.25) is 0 Å². The van der Waals surface area contributed by atoms with Crippen molar-refractivity contribution in [1.29, 1.82) is 0 Å². The predicted octanol–water partition coefficient (Wildman–Crippen LogP) is 2.47. The van der Waals surface area contributed by atoms with Crippen molar-refractivity contribution in [3.8, 4) is 0 Å². The Morgan fingerprint density at radius 2 is 2.00 bits per heavy atom. The van der Waals surface area contributed by atoms with Gasteiger partial charge in [-0.05, 0) is 24.6 Å². The lowest BCUT2D eigenvalue weighted by Crippen LogP contribution is -2.14. The van der Waals surface area contributed by atoms with Crippen LogP contribution in [-0.4, -0.2) is 17.0 Å². The largest absolute Gasteiger partial charge is 0.481 e. The summed E-state index contributed by atoms with van der Waals surface area (Å²) >= 11 is 0. The number of anilines is 1. The van der Waals surface area contributed by atoms with E-state index >= 15 is 0 Å². The fraction of sp³-hybridized carbons (Fsp3) is 0.143. The zero-order valence-corrected chi connectivity index (χ0v) is 10.3. The van der Waals surface area contributed by atoms with E-state index in [2.05, 4.69) is 5.32 Å². The second-order valence-corrected chi connectivity index (χ2v) is 4.11. The number of benzene rings is 1. The van der Waals surface area contributed by atoms with Crippen LogP contribution in [0.2, 0.25) is 0 Å². The number of carboxylic acids is 1. The lowest BCUT2D eigenvalue weighted by atomic mass is 10.1. The molecular weight excluding hydrogens is 246 g/mol. The minimum Gasteiger partial charge on any atom is -0.481 e. The van der Waals surface area contributed by atoms with Crippen molar-refractivity contribution in [2.24, 2.45) is 0 Å². The van der Waals surface area contributed by atoms with E-state index in [1.165, 1.54) is 6.26 Å². The Bertz CT molecular complexity index is 615. The van der Waals surface area contributed by atoms with Gasteiger partial charge in [-0.1, -0.05) is 18.2 Å². The van der Waals surface area contributed by atoms with Gasteiger partial charge in [-0.15, -0.1) is 0 Å². The van der Waals surface area contributed by atoms with E-state index in [1.807, 2.05) is 0 Å². The molecule has 2 aromatic rings. The van der Waals surface area contributed by atoms with Gasteiger partial charge < -0.3 is 14.8 Å². The topological polar surface area (TPSA) is 79.5 Å². The van der Waals surface area contributed by atoms with Crippen LogP contribution in [0.15, 0.2) is 41.0 Å². The lowest BCUT2D eigenvalue weighted by molar-refractivity contribution is -0.136. The van der Waals surface area contributed by atoms with Gasteiger partial charge in [0, 0.05) is 11.3 Å². The highest BCUT2D eigenvalue weighted by atomic mass is 16.4. The number of para-hydroxylation sites is 1. The first kappa shape index (κ1) is 12.9. The van der Waals surface area contributed by atoms with E-state index in [0.717, 1.165) is 5.56 Å². The molecule has 0 bridgehead atoms. The Morgan fingerprint density at radius 1 is 1.26 bits per heavy atom. The van der Waals surface area contributed by atoms with Gasteiger partial charge in [-0.25, -0.2) is 0 Å². The van der Waals surface area contributed by atoms with Crippen LogP contribution >= 0.6 is 0 Å². The summed E-state index contributed by atoms with van der Waals surface area (Å²) in [5, 5.41) is 11.5. The monoisotopic (exact) mass is 259 g/mol. The molecule has 0 fully saturated rings. The summed E-state index contributed by atoms with van der Waals surface area (Å²) in [6.45, 7) is 1.77. The minimum atomic E-state index is -0.948. The van der Waals surface area contributed by atoms with Gasteiger partial charge in [-0.2, -0.15) is 0 Å². The van der Waals surface area contributed by atoms with Crippen LogP contribution in [0.25, 0.3) is 0 Å². The molecule has 2 rings (SSSR count). The number of carboxylic acid groups (broad SMARTS) is 1. The maximum Gasteiger partial charge on any atom is 0.307 e. The highest BCUT2D eigenvalue weighted by Crippen LogP contribution is 2.18. The third-order valence-electron chi connectivity index (χ3n) is 2.68. The minimum absolute atomic E-state index is 0.145. The van der Waals surface area contributed by atoms with Crippen LogP contribution in [0.4, 0.5) is 5.69 Å². The summed E-state index contributed by atoms with van der Waals surface area (Å²) in [5.74, 6) is -1.11. The number of furan rings is 1. The molecule has 0 atom stereocenters. The van der Waals surface area contributed by atoms with E-state index in [0.29, 0.717) is 11.3 Å². The first-order valence-electron chi connectivity index (χ1n) is 5.73. The second kappa shape index (κ2) is 5.39. The zero-order chi connectivity index (χ0) is 13.8. The van der Waals surface area contributed by atoms with Crippen LogP contribution < -0.4 is 5.32 Å². The third kappa shape index (κ3) is 3.01. The van der Waals surface area contributed by atoms with Gasteiger partial charge in [0.25, 0.3) is 5.91 Å². The van der Waals surface area contributed by atoms with Gasteiger partial charge >= 0.3 is 5.97 Å². The first-order chi connectivity index (χ1) is 9.08. The number of rotatable bonds is 4. The number of nitrogens with one attached hydrogen (secondary N) is 1. The van der Waals surface area contributed by atoms with Crippen LogP contribution in [0.1, 0.15) is 21.7 Å². The zero-order valence-electron chi connectivity index (χ0n) is 10.3. The normalized spacial score (nSPS) is 10.2. The van der Waals surface area contributed by atoms with E-state index in [-0.39, 0.29) is 18.1 Å². The van der Waals surface area contributed by atoms with E-state index in [9.17, 15) is 9.59 Å². The summed E-state index contributed by atoms with van der Waals surface area (Å²) in [6, 6.07) is 8.48. The van der Waals surface area contributed by atoms with Gasteiger partial charge in [0.05, 0.1) is 12.7 Å². The smallest absolute Gasteiger partial charge is 0.307 e. The Balaban J connectivity index is 2.22. The SMILES string of the molecule is Cc1ccoc1C(=O)Nc1ccccc1CC(=O)O. The average Bonchev–Trinajstić information content (AvgIpc) is 2.77. The number of carbonyl (C=O) groups excluding carboxylic acids is 1. The Kier molecular flexibility index (Phi) is 3.66. The number of hydrogen-bond donors (Lipinski definition) is 2. The molecule has 0 aliphatic rings. The van der Waals surface area contributed by atoms with Gasteiger partial charge in [-0.3, -0.25) is 9.59 Å². The van der Waals surface area contributed by atoms with Crippen LogP contribution in [0.5, 0.6) is 0 Å². The molecule has 0 unspecified atom stereocenters. The highest BCUT2D eigenvalue weighted by molar-refractivity contribution is 6.03. The Morgan fingerprint density at radius 3 is 2.63 bits per heavy atom. The predicted molar refractivity (Wildman–Crippen MR) is 69.2 cm³/mol. The van der Waals surface area contributed by atoms with E-state index in [4.69, 9.17) is 9.52 Å². The molecular formula is C14H13NO4. The molecule has 19 heavy (non-hydrogen) atoms.